The number of para-hydroxylation sites is 2. The van der Waals surface area contributed by atoms with Crippen molar-refractivity contribution in [2.24, 2.45) is 0 Å². The Kier molecular flexibility index (Phi) is 8.92. The van der Waals surface area contributed by atoms with Crippen molar-refractivity contribution in [3.05, 3.63) is 59.7 Å². The monoisotopic (exact) mass is 596 g/mol. The fraction of sp³-hybridized carbons (Fsp3) is 0.433. The molecule has 13 nitrogen and oxygen atoms in total. The number of rotatable bonds is 6. The van der Waals surface area contributed by atoms with E-state index in [1.165, 1.54) is 4.90 Å². The van der Waals surface area contributed by atoms with Crippen LogP contribution in [0.25, 0.3) is 0 Å². The molecular weight excluding hydrogens is 564 g/mol. The summed E-state index contributed by atoms with van der Waals surface area (Å²) in [6.07, 6.45) is -7.46. The Morgan fingerprint density at radius 2 is 1.26 bits per heavy atom. The van der Waals surface area contributed by atoms with E-state index in [9.17, 15) is 24.0 Å². The molecule has 2 saturated heterocycles. The Bertz CT molecular complexity index is 1360. The molecule has 0 bridgehead atoms. The predicted octanol–water partition coefficient (Wildman–Crippen LogP) is 1.42. The van der Waals surface area contributed by atoms with Crippen LogP contribution in [0.5, 0.6) is 11.5 Å². The van der Waals surface area contributed by atoms with Gasteiger partial charge in [-0.25, -0.2) is 0 Å². The number of fused-ring (bicyclic) bond motifs is 2. The van der Waals surface area contributed by atoms with Crippen molar-refractivity contribution in [1.29, 1.82) is 0 Å². The minimum atomic E-state index is -1.52. The molecule has 2 amide bonds. The Balaban J connectivity index is 1.53. The lowest BCUT2D eigenvalue weighted by atomic mass is 9.87. The predicted molar refractivity (Wildman–Crippen MR) is 146 cm³/mol. The highest BCUT2D eigenvalue weighted by Crippen LogP contribution is 2.44. The zero-order valence-electron chi connectivity index (χ0n) is 23.8. The van der Waals surface area contributed by atoms with Crippen LogP contribution in [0.15, 0.2) is 48.5 Å². The SMILES string of the molecule is CC(=O)OC1C(NC(=O)C2c3ccccc3Oc3ccccc32)OC(C(=O)N2CCOCC2)C(OC(C)=O)C1OC(C)=O. The fourth-order valence-corrected chi connectivity index (χ4v) is 5.51. The maximum absolute atomic E-state index is 14.1. The first kappa shape index (κ1) is 30.0. The average Bonchev–Trinajstić information content (AvgIpc) is 2.98. The van der Waals surface area contributed by atoms with Gasteiger partial charge in [-0.15, -0.1) is 0 Å². The zero-order valence-corrected chi connectivity index (χ0v) is 23.8. The molecule has 5 atom stereocenters. The molecule has 3 aliphatic heterocycles. The number of hydrogen-bond donors (Lipinski definition) is 1. The number of benzene rings is 2. The van der Waals surface area contributed by atoms with Crippen LogP contribution in [0, 0.1) is 0 Å². The summed E-state index contributed by atoms with van der Waals surface area (Å²) in [5.41, 5.74) is 1.16. The van der Waals surface area contributed by atoms with Crippen LogP contribution in [0.4, 0.5) is 0 Å². The van der Waals surface area contributed by atoms with E-state index in [0.29, 0.717) is 22.6 Å². The molecule has 13 heteroatoms. The molecule has 0 aliphatic carbocycles. The summed E-state index contributed by atoms with van der Waals surface area (Å²) >= 11 is 0. The van der Waals surface area contributed by atoms with Gasteiger partial charge >= 0.3 is 17.9 Å². The van der Waals surface area contributed by atoms with Crippen LogP contribution >= 0.6 is 0 Å². The first-order chi connectivity index (χ1) is 20.6. The van der Waals surface area contributed by atoms with Gasteiger partial charge in [-0.05, 0) is 12.1 Å². The second kappa shape index (κ2) is 12.8. The Morgan fingerprint density at radius 3 is 1.81 bits per heavy atom. The molecule has 3 aliphatic rings. The van der Waals surface area contributed by atoms with Gasteiger partial charge < -0.3 is 38.6 Å². The molecule has 43 heavy (non-hydrogen) atoms. The maximum atomic E-state index is 14.1. The number of carbonyl (C=O) groups excluding carboxylic acids is 5. The number of amides is 2. The minimum Gasteiger partial charge on any atom is -0.457 e. The lowest BCUT2D eigenvalue weighted by Gasteiger charge is -2.45. The first-order valence-corrected chi connectivity index (χ1v) is 13.8. The van der Waals surface area contributed by atoms with Crippen LogP contribution in [-0.2, 0) is 47.7 Å². The van der Waals surface area contributed by atoms with Crippen molar-refractivity contribution in [3.8, 4) is 11.5 Å². The van der Waals surface area contributed by atoms with Crippen molar-refractivity contribution in [2.75, 3.05) is 26.3 Å². The number of ether oxygens (including phenoxy) is 6. The van der Waals surface area contributed by atoms with E-state index in [-0.39, 0.29) is 26.3 Å². The van der Waals surface area contributed by atoms with Gasteiger partial charge in [0.2, 0.25) is 5.91 Å². The molecule has 2 fully saturated rings. The lowest BCUT2D eigenvalue weighted by Crippen LogP contribution is -2.68. The van der Waals surface area contributed by atoms with Crippen molar-refractivity contribution in [2.45, 2.75) is 57.3 Å². The largest absolute Gasteiger partial charge is 0.457 e. The van der Waals surface area contributed by atoms with E-state index in [2.05, 4.69) is 5.32 Å². The van der Waals surface area contributed by atoms with E-state index in [0.717, 1.165) is 20.8 Å². The van der Waals surface area contributed by atoms with Gasteiger partial charge in [0.15, 0.2) is 30.6 Å². The highest BCUT2D eigenvalue weighted by atomic mass is 16.7. The van der Waals surface area contributed by atoms with E-state index >= 15 is 0 Å². The van der Waals surface area contributed by atoms with Crippen LogP contribution in [0.3, 0.4) is 0 Å². The number of nitrogens with one attached hydrogen (secondary N) is 1. The van der Waals surface area contributed by atoms with Crippen LogP contribution in [-0.4, -0.2) is 91.6 Å². The minimum absolute atomic E-state index is 0.240. The molecule has 0 saturated carbocycles. The molecule has 0 spiro atoms. The standard InChI is InChI=1S/C30H32N2O11/c1-16(33)39-24-25(40-17(2)34)27(30(37)32-12-14-38-15-13-32)43-29(26(24)41-18(3)35)31-28(36)23-19-8-4-6-10-21(19)42-22-11-7-5-9-20(22)23/h4-11,23-27,29H,12-15H2,1-3H3,(H,31,36). The van der Waals surface area contributed by atoms with Gasteiger partial charge in [-0.2, -0.15) is 0 Å². The molecule has 5 rings (SSSR count). The summed E-state index contributed by atoms with van der Waals surface area (Å²) in [4.78, 5) is 66.0. The molecule has 0 radical (unpaired) electrons. The van der Waals surface area contributed by atoms with Crippen molar-refractivity contribution >= 4 is 29.7 Å². The van der Waals surface area contributed by atoms with E-state index in [1.54, 1.807) is 48.5 Å². The quantitative estimate of drug-likeness (QED) is 0.380. The number of nitrogens with zero attached hydrogens (tertiary/aromatic N) is 1. The second-order valence-electron chi connectivity index (χ2n) is 10.3. The highest BCUT2D eigenvalue weighted by molar-refractivity contribution is 5.90. The number of carbonyl (C=O) groups is 5. The number of hydrogen-bond acceptors (Lipinski definition) is 11. The van der Waals surface area contributed by atoms with Gasteiger partial charge in [0.05, 0.1) is 19.1 Å². The Hall–Kier alpha value is -4.49. The lowest BCUT2D eigenvalue weighted by molar-refractivity contribution is -0.250. The summed E-state index contributed by atoms with van der Waals surface area (Å²) in [6.45, 7) is 4.41. The molecule has 2 aromatic carbocycles. The van der Waals surface area contributed by atoms with Crippen molar-refractivity contribution in [3.63, 3.8) is 0 Å². The third-order valence-corrected chi connectivity index (χ3v) is 7.24. The third kappa shape index (κ3) is 6.47. The third-order valence-electron chi connectivity index (χ3n) is 7.24. The Labute approximate surface area is 247 Å². The Morgan fingerprint density at radius 1 is 0.744 bits per heavy atom. The van der Waals surface area contributed by atoms with Gasteiger partial charge in [0.1, 0.15) is 11.5 Å². The number of esters is 3. The molecule has 5 unspecified atom stereocenters. The fourth-order valence-electron chi connectivity index (χ4n) is 5.51. The average molecular weight is 597 g/mol. The van der Waals surface area contributed by atoms with Crippen LogP contribution in [0.2, 0.25) is 0 Å². The summed E-state index contributed by atoms with van der Waals surface area (Å²) < 4.78 is 34.0. The van der Waals surface area contributed by atoms with Gasteiger partial charge in [-0.3, -0.25) is 24.0 Å². The van der Waals surface area contributed by atoms with Crippen molar-refractivity contribution < 1.29 is 52.4 Å². The van der Waals surface area contributed by atoms with Crippen LogP contribution in [0.1, 0.15) is 37.8 Å². The molecular formula is C30H32N2O11. The molecule has 228 valence electrons. The van der Waals surface area contributed by atoms with E-state index in [1.807, 2.05) is 0 Å². The summed E-state index contributed by atoms with van der Waals surface area (Å²) in [5, 5.41) is 2.77. The summed E-state index contributed by atoms with van der Waals surface area (Å²) in [5.74, 6) is -3.41. The second-order valence-corrected chi connectivity index (χ2v) is 10.3. The van der Waals surface area contributed by atoms with Gasteiger partial charge in [-0.1, -0.05) is 36.4 Å². The smallest absolute Gasteiger partial charge is 0.303 e. The maximum Gasteiger partial charge on any atom is 0.303 e. The van der Waals surface area contributed by atoms with Gasteiger partial charge in [0, 0.05) is 45.0 Å². The zero-order chi connectivity index (χ0) is 30.7. The molecule has 1 N–H and O–H groups in total. The van der Waals surface area contributed by atoms with Gasteiger partial charge in [0.25, 0.3) is 5.91 Å². The molecule has 2 aromatic rings. The van der Waals surface area contributed by atoms with Crippen molar-refractivity contribution in [1.82, 2.24) is 10.2 Å². The number of morpholine rings is 1. The van der Waals surface area contributed by atoms with Crippen LogP contribution < -0.4 is 10.1 Å². The summed E-state index contributed by atoms with van der Waals surface area (Å²) in [6, 6.07) is 14.1. The topological polar surface area (TPSA) is 156 Å². The first-order valence-electron chi connectivity index (χ1n) is 13.8. The van der Waals surface area contributed by atoms with E-state index in [4.69, 9.17) is 28.4 Å². The molecule has 0 aromatic heterocycles. The van der Waals surface area contributed by atoms with E-state index < -0.39 is 66.3 Å². The summed E-state index contributed by atoms with van der Waals surface area (Å²) in [7, 11) is 0. The molecule has 3 heterocycles. The normalized spacial score (nSPS) is 24.8. The highest BCUT2D eigenvalue weighted by Gasteiger charge is 2.55.